The molecule has 0 bridgehead atoms. The van der Waals surface area contributed by atoms with Crippen LogP contribution in [0.1, 0.15) is 25.0 Å². The van der Waals surface area contributed by atoms with E-state index in [1.807, 2.05) is 0 Å². The summed E-state index contributed by atoms with van der Waals surface area (Å²) < 4.78 is 40.8. The Balaban J connectivity index is 1.85. The van der Waals surface area contributed by atoms with Crippen molar-refractivity contribution in [1.82, 2.24) is 9.97 Å². The molecule has 1 amide bonds. The van der Waals surface area contributed by atoms with Crippen molar-refractivity contribution in [1.29, 1.82) is 0 Å². The Kier molecular flexibility index (Phi) is 5.87. The zero-order chi connectivity index (χ0) is 19.6. The summed E-state index contributed by atoms with van der Waals surface area (Å²) in [5.41, 5.74) is 0.0291. The number of anilines is 2. The average Bonchev–Trinajstić information content (AvgIpc) is 3.05. The summed E-state index contributed by atoms with van der Waals surface area (Å²) in [6, 6.07) is 2.54. The first-order valence-corrected chi connectivity index (χ1v) is 11.1. The van der Waals surface area contributed by atoms with E-state index in [0.717, 1.165) is 4.90 Å². The molecule has 27 heavy (non-hydrogen) atoms. The Bertz CT molecular complexity index is 988. The number of rotatable bonds is 6. The number of hydrogen-bond donors (Lipinski definition) is 2. The number of nitrogens with zero attached hydrogens (tertiary/aromatic N) is 2. The van der Waals surface area contributed by atoms with Gasteiger partial charge in [0.05, 0.1) is 33.8 Å². The number of nitrogens with one attached hydrogen (secondary N) is 2. The third-order valence-corrected chi connectivity index (χ3v) is 6.75. The first kappa shape index (κ1) is 19.8. The summed E-state index contributed by atoms with van der Waals surface area (Å²) in [6.07, 6.45) is 3.35. The van der Waals surface area contributed by atoms with Crippen LogP contribution < -0.4 is 10.0 Å². The quantitative estimate of drug-likeness (QED) is 0.729. The van der Waals surface area contributed by atoms with Gasteiger partial charge in [-0.15, -0.1) is 11.8 Å². The van der Waals surface area contributed by atoms with Crippen LogP contribution in [0, 0.1) is 5.82 Å². The molecule has 2 heterocycles. The summed E-state index contributed by atoms with van der Waals surface area (Å²) in [6.45, 7) is 1.70. The monoisotopic (exact) mass is 430 g/mol. The zero-order valence-corrected chi connectivity index (χ0v) is 16.6. The summed E-state index contributed by atoms with van der Waals surface area (Å²) in [7, 11) is -3.69. The molecule has 1 aromatic carbocycles. The molecule has 0 radical (unpaired) electrons. The van der Waals surface area contributed by atoms with E-state index in [-0.39, 0.29) is 22.2 Å². The summed E-state index contributed by atoms with van der Waals surface area (Å²) in [5.74, 6) is -1.70. The Morgan fingerprint density at radius 2 is 2.22 bits per heavy atom. The molecule has 0 fully saturated rings. The van der Waals surface area contributed by atoms with Gasteiger partial charge in [0.15, 0.2) is 5.82 Å². The lowest BCUT2D eigenvalue weighted by atomic mass is 10.1. The molecule has 1 unspecified atom stereocenters. The predicted octanol–water partition coefficient (Wildman–Crippen LogP) is 3.25. The highest BCUT2D eigenvalue weighted by molar-refractivity contribution is 7.99. The minimum atomic E-state index is -3.69. The lowest BCUT2D eigenvalue weighted by Crippen LogP contribution is -2.23. The van der Waals surface area contributed by atoms with Crippen molar-refractivity contribution >= 4 is 50.7 Å². The van der Waals surface area contributed by atoms with Crippen LogP contribution in [0.15, 0.2) is 29.6 Å². The van der Waals surface area contributed by atoms with Crippen molar-refractivity contribution in [2.45, 2.75) is 24.2 Å². The third kappa shape index (κ3) is 4.33. The van der Waals surface area contributed by atoms with E-state index >= 15 is 0 Å². The molecular formula is C16H16ClFN4O3S2. The highest BCUT2D eigenvalue weighted by Gasteiger charge is 2.32. The normalized spacial score (nSPS) is 16.0. The molecule has 1 aliphatic heterocycles. The van der Waals surface area contributed by atoms with Gasteiger partial charge in [-0.25, -0.2) is 22.8 Å². The second kappa shape index (κ2) is 7.99. The summed E-state index contributed by atoms with van der Waals surface area (Å²) >= 11 is 7.46. The first-order valence-electron chi connectivity index (χ1n) is 8.04. The van der Waals surface area contributed by atoms with Crippen LogP contribution in [-0.2, 0) is 14.8 Å². The second-order valence-electron chi connectivity index (χ2n) is 5.83. The van der Waals surface area contributed by atoms with Crippen LogP contribution in [0.5, 0.6) is 0 Å². The van der Waals surface area contributed by atoms with Crippen LogP contribution in [-0.4, -0.2) is 35.8 Å². The number of sulfonamides is 1. The fourth-order valence-electron chi connectivity index (χ4n) is 2.59. The van der Waals surface area contributed by atoms with Crippen LogP contribution in [0.2, 0.25) is 5.02 Å². The summed E-state index contributed by atoms with van der Waals surface area (Å²) in [4.78, 5) is 21.5. The van der Waals surface area contributed by atoms with E-state index < -0.39 is 27.7 Å². The Morgan fingerprint density at radius 1 is 1.44 bits per heavy atom. The van der Waals surface area contributed by atoms with E-state index in [0.29, 0.717) is 17.9 Å². The number of benzene rings is 1. The molecule has 1 aromatic heterocycles. The molecular weight excluding hydrogens is 415 g/mol. The first-order chi connectivity index (χ1) is 12.8. The fraction of sp³-hybridized carbons (Fsp3) is 0.312. The fourth-order valence-corrected chi connectivity index (χ4v) is 5.05. The minimum absolute atomic E-state index is 0.0344. The lowest BCUT2D eigenvalue weighted by molar-refractivity contribution is -0.117. The lowest BCUT2D eigenvalue weighted by Gasteiger charge is -2.15. The number of hydrogen-bond acceptors (Lipinski definition) is 6. The van der Waals surface area contributed by atoms with Crippen molar-refractivity contribution < 1.29 is 17.6 Å². The van der Waals surface area contributed by atoms with Crippen molar-refractivity contribution in [3.8, 4) is 0 Å². The van der Waals surface area contributed by atoms with Gasteiger partial charge in [0.25, 0.3) is 0 Å². The molecule has 0 saturated carbocycles. The Labute approximate surface area is 165 Å². The molecule has 0 saturated heterocycles. The third-order valence-electron chi connectivity index (χ3n) is 3.84. The minimum Gasteiger partial charge on any atom is -0.322 e. The van der Waals surface area contributed by atoms with E-state index in [2.05, 4.69) is 20.0 Å². The molecule has 11 heteroatoms. The predicted molar refractivity (Wildman–Crippen MR) is 103 cm³/mol. The molecule has 1 atom stereocenters. The molecule has 2 aromatic rings. The maximum Gasteiger partial charge on any atom is 0.234 e. The second-order valence-corrected chi connectivity index (χ2v) is 9.14. The van der Waals surface area contributed by atoms with Crippen LogP contribution in [0.25, 0.3) is 0 Å². The van der Waals surface area contributed by atoms with Crippen molar-refractivity contribution in [3.63, 3.8) is 0 Å². The smallest absolute Gasteiger partial charge is 0.234 e. The van der Waals surface area contributed by atoms with Crippen LogP contribution in [0.3, 0.4) is 0 Å². The molecule has 0 aliphatic carbocycles. The SMILES string of the molecule is CCCS(=O)(=O)Nc1ccc(Cl)c(NC(=O)C2CSc3cncnc32)c1F. The number of halogens is 2. The number of aromatic nitrogens is 2. The topological polar surface area (TPSA) is 101 Å². The van der Waals surface area contributed by atoms with E-state index in [9.17, 15) is 17.6 Å². The molecule has 3 rings (SSSR count). The average molecular weight is 431 g/mol. The van der Waals surface area contributed by atoms with Crippen LogP contribution >= 0.6 is 23.4 Å². The maximum atomic E-state index is 14.8. The van der Waals surface area contributed by atoms with E-state index in [4.69, 9.17) is 11.6 Å². The Morgan fingerprint density at radius 3 is 2.96 bits per heavy atom. The van der Waals surface area contributed by atoms with Gasteiger partial charge in [0.2, 0.25) is 15.9 Å². The van der Waals surface area contributed by atoms with Gasteiger partial charge in [-0.1, -0.05) is 18.5 Å². The largest absolute Gasteiger partial charge is 0.322 e. The highest BCUT2D eigenvalue weighted by Crippen LogP contribution is 2.39. The number of thioether (sulfide) groups is 1. The highest BCUT2D eigenvalue weighted by atomic mass is 35.5. The van der Waals surface area contributed by atoms with Gasteiger partial charge >= 0.3 is 0 Å². The molecule has 2 N–H and O–H groups in total. The Hall–Kier alpha value is -1.91. The van der Waals surface area contributed by atoms with Crippen molar-refractivity contribution in [2.24, 2.45) is 0 Å². The molecule has 0 spiro atoms. The van der Waals surface area contributed by atoms with E-state index in [1.165, 1.54) is 30.2 Å². The van der Waals surface area contributed by atoms with Gasteiger partial charge in [0.1, 0.15) is 6.33 Å². The maximum absolute atomic E-state index is 14.8. The molecule has 144 valence electrons. The zero-order valence-electron chi connectivity index (χ0n) is 14.2. The number of fused-ring (bicyclic) bond motifs is 1. The number of carbonyl (C=O) groups is 1. The van der Waals surface area contributed by atoms with Gasteiger partial charge in [-0.3, -0.25) is 9.52 Å². The summed E-state index contributed by atoms with van der Waals surface area (Å²) in [5, 5.41) is 2.43. The van der Waals surface area contributed by atoms with Gasteiger partial charge < -0.3 is 5.32 Å². The van der Waals surface area contributed by atoms with E-state index in [1.54, 1.807) is 13.1 Å². The van der Waals surface area contributed by atoms with Crippen molar-refractivity contribution in [3.05, 3.63) is 41.2 Å². The standard InChI is InChI=1S/C16H16ClFN4O3S2/c1-2-5-27(24,25)22-11-4-3-10(17)15(13(11)18)21-16(23)9-7-26-12-6-19-8-20-14(9)12/h3-4,6,8-9,22H,2,5,7H2,1H3,(H,21,23). The van der Waals surface area contributed by atoms with Gasteiger partial charge in [-0.2, -0.15) is 0 Å². The van der Waals surface area contributed by atoms with Crippen molar-refractivity contribution in [2.75, 3.05) is 21.5 Å². The molecule has 1 aliphatic rings. The van der Waals surface area contributed by atoms with Gasteiger partial charge in [-0.05, 0) is 18.6 Å². The van der Waals surface area contributed by atoms with Gasteiger partial charge in [0, 0.05) is 16.8 Å². The number of carbonyl (C=O) groups excluding carboxylic acids is 1. The van der Waals surface area contributed by atoms with Crippen LogP contribution in [0.4, 0.5) is 15.8 Å². The number of amides is 1. The molecule has 7 nitrogen and oxygen atoms in total.